The van der Waals surface area contributed by atoms with E-state index in [0.29, 0.717) is 0 Å². The number of hydrogen-bond donors (Lipinski definition) is 1. The van der Waals surface area contributed by atoms with E-state index in [1.165, 1.54) is 18.2 Å². The lowest BCUT2D eigenvalue weighted by atomic mass is 10.1. The van der Waals surface area contributed by atoms with E-state index in [0.717, 1.165) is 17.1 Å². The van der Waals surface area contributed by atoms with Gasteiger partial charge in [0.2, 0.25) is 0 Å². The van der Waals surface area contributed by atoms with Gasteiger partial charge in [-0.25, -0.2) is 9.07 Å². The first kappa shape index (κ1) is 14.5. The van der Waals surface area contributed by atoms with Gasteiger partial charge in [-0.3, -0.25) is 0 Å². The summed E-state index contributed by atoms with van der Waals surface area (Å²) in [5.74, 6) is -0.492. The first-order valence-corrected chi connectivity index (χ1v) is 5.92. The molecule has 0 aliphatic rings. The normalized spacial score (nSPS) is 13.5. The summed E-state index contributed by atoms with van der Waals surface area (Å²) in [5, 5.41) is 6.54. The van der Waals surface area contributed by atoms with Crippen LogP contribution >= 0.6 is 0 Å². The Morgan fingerprint density at radius 1 is 1.30 bits per heavy atom. The molecule has 7 heteroatoms. The van der Waals surface area contributed by atoms with Gasteiger partial charge < -0.3 is 5.32 Å². The highest BCUT2D eigenvalue weighted by Gasteiger charge is 2.32. The van der Waals surface area contributed by atoms with E-state index in [-0.39, 0.29) is 17.3 Å². The number of nitrogens with zero attached hydrogens (tertiary/aromatic N) is 2. The van der Waals surface area contributed by atoms with Crippen LogP contribution < -0.4 is 5.32 Å². The number of nitrogens with one attached hydrogen (secondary N) is 1. The third-order valence-electron chi connectivity index (χ3n) is 3.05. The SMILES string of the molecule is CNC(C)c1c(F)cccc1-n1cc(C(F)(F)F)cn1. The molecule has 3 nitrogen and oxygen atoms in total. The molecule has 0 amide bonds. The van der Waals surface area contributed by atoms with Gasteiger partial charge in [0.25, 0.3) is 0 Å². The topological polar surface area (TPSA) is 29.9 Å². The van der Waals surface area contributed by atoms with Crippen LogP contribution in [0.5, 0.6) is 0 Å². The minimum atomic E-state index is -4.47. The molecule has 0 aliphatic carbocycles. The molecule has 0 aliphatic heterocycles. The van der Waals surface area contributed by atoms with Gasteiger partial charge in [0.15, 0.2) is 0 Å². The van der Waals surface area contributed by atoms with Crippen molar-refractivity contribution in [1.82, 2.24) is 15.1 Å². The minimum absolute atomic E-state index is 0.270. The summed E-state index contributed by atoms with van der Waals surface area (Å²) in [4.78, 5) is 0. The fraction of sp³-hybridized carbons (Fsp3) is 0.308. The molecule has 0 saturated heterocycles. The van der Waals surface area contributed by atoms with Crippen LogP contribution in [0.3, 0.4) is 0 Å². The lowest BCUT2D eigenvalue weighted by Crippen LogP contribution is -2.17. The Bertz CT molecular complexity index is 604. The quantitative estimate of drug-likeness (QED) is 0.878. The maximum Gasteiger partial charge on any atom is 0.419 e. The molecule has 0 radical (unpaired) electrons. The molecule has 0 fully saturated rings. The van der Waals surface area contributed by atoms with E-state index < -0.39 is 17.6 Å². The lowest BCUT2D eigenvalue weighted by molar-refractivity contribution is -0.137. The van der Waals surface area contributed by atoms with Gasteiger partial charge in [0.1, 0.15) is 5.82 Å². The zero-order chi connectivity index (χ0) is 14.9. The third-order valence-corrected chi connectivity index (χ3v) is 3.05. The fourth-order valence-electron chi connectivity index (χ4n) is 1.90. The minimum Gasteiger partial charge on any atom is -0.313 e. The number of halogens is 4. The molecular formula is C13H13F4N3. The van der Waals surface area contributed by atoms with Crippen molar-refractivity contribution >= 4 is 0 Å². The summed E-state index contributed by atoms with van der Waals surface area (Å²) in [6, 6.07) is 3.87. The highest BCUT2D eigenvalue weighted by Crippen LogP contribution is 2.30. The second-order valence-electron chi connectivity index (χ2n) is 4.35. The molecule has 1 aromatic heterocycles. The molecule has 0 bridgehead atoms. The van der Waals surface area contributed by atoms with Crippen molar-refractivity contribution in [2.75, 3.05) is 7.05 Å². The lowest BCUT2D eigenvalue weighted by Gasteiger charge is -2.16. The van der Waals surface area contributed by atoms with Gasteiger partial charge in [-0.2, -0.15) is 18.3 Å². The second-order valence-corrected chi connectivity index (χ2v) is 4.35. The zero-order valence-corrected chi connectivity index (χ0v) is 10.9. The number of benzene rings is 1. The molecule has 1 unspecified atom stereocenters. The van der Waals surface area contributed by atoms with Crippen LogP contribution in [0.2, 0.25) is 0 Å². The van der Waals surface area contributed by atoms with Crippen molar-refractivity contribution in [3.8, 4) is 5.69 Å². The monoisotopic (exact) mass is 287 g/mol. The Labute approximate surface area is 113 Å². The number of aromatic nitrogens is 2. The Morgan fingerprint density at radius 3 is 2.55 bits per heavy atom. The molecular weight excluding hydrogens is 274 g/mol. The molecule has 0 spiro atoms. The van der Waals surface area contributed by atoms with Gasteiger partial charge in [-0.1, -0.05) is 6.07 Å². The summed E-state index contributed by atoms with van der Waals surface area (Å²) in [5.41, 5.74) is -0.320. The van der Waals surface area contributed by atoms with Crippen LogP contribution in [0, 0.1) is 5.82 Å². The molecule has 0 saturated carbocycles. The van der Waals surface area contributed by atoms with Crippen molar-refractivity contribution in [2.45, 2.75) is 19.1 Å². The predicted molar refractivity (Wildman–Crippen MR) is 66.0 cm³/mol. The molecule has 20 heavy (non-hydrogen) atoms. The summed E-state index contributed by atoms with van der Waals surface area (Å²) in [7, 11) is 1.64. The van der Waals surface area contributed by atoms with Crippen LogP contribution in [0.25, 0.3) is 5.69 Å². The highest BCUT2D eigenvalue weighted by atomic mass is 19.4. The van der Waals surface area contributed by atoms with Crippen LogP contribution in [-0.2, 0) is 6.18 Å². The highest BCUT2D eigenvalue weighted by molar-refractivity contribution is 5.43. The van der Waals surface area contributed by atoms with Gasteiger partial charge in [0.05, 0.1) is 17.4 Å². The molecule has 1 atom stereocenters. The van der Waals surface area contributed by atoms with E-state index >= 15 is 0 Å². The van der Waals surface area contributed by atoms with Crippen molar-refractivity contribution < 1.29 is 17.6 Å². The average molecular weight is 287 g/mol. The molecule has 1 heterocycles. The summed E-state index contributed by atoms with van der Waals surface area (Å²) >= 11 is 0. The molecule has 1 N–H and O–H groups in total. The van der Waals surface area contributed by atoms with Crippen LogP contribution in [0.1, 0.15) is 24.1 Å². The second kappa shape index (κ2) is 5.24. The zero-order valence-electron chi connectivity index (χ0n) is 10.9. The maximum atomic E-state index is 13.9. The largest absolute Gasteiger partial charge is 0.419 e. The molecule has 108 valence electrons. The Morgan fingerprint density at radius 2 is 2.00 bits per heavy atom. The van der Waals surface area contributed by atoms with E-state index in [4.69, 9.17) is 0 Å². The Balaban J connectivity index is 2.53. The fourth-order valence-corrected chi connectivity index (χ4v) is 1.90. The van der Waals surface area contributed by atoms with E-state index in [9.17, 15) is 17.6 Å². The maximum absolute atomic E-state index is 13.9. The van der Waals surface area contributed by atoms with Gasteiger partial charge in [0, 0.05) is 17.8 Å². The van der Waals surface area contributed by atoms with Crippen LogP contribution in [0.4, 0.5) is 17.6 Å². The van der Waals surface area contributed by atoms with Crippen molar-refractivity contribution in [3.63, 3.8) is 0 Å². The Kier molecular flexibility index (Phi) is 3.80. The van der Waals surface area contributed by atoms with Crippen molar-refractivity contribution in [1.29, 1.82) is 0 Å². The average Bonchev–Trinajstić information content (AvgIpc) is 2.87. The number of rotatable bonds is 3. The predicted octanol–water partition coefficient (Wildman–Crippen LogP) is 3.31. The Hall–Kier alpha value is -1.89. The van der Waals surface area contributed by atoms with Crippen molar-refractivity contribution in [3.05, 3.63) is 47.5 Å². The smallest absolute Gasteiger partial charge is 0.313 e. The first-order valence-electron chi connectivity index (χ1n) is 5.92. The van der Waals surface area contributed by atoms with Crippen LogP contribution in [0.15, 0.2) is 30.6 Å². The van der Waals surface area contributed by atoms with Gasteiger partial charge in [-0.15, -0.1) is 0 Å². The van der Waals surface area contributed by atoms with Gasteiger partial charge in [-0.05, 0) is 26.1 Å². The van der Waals surface area contributed by atoms with Gasteiger partial charge >= 0.3 is 6.18 Å². The molecule has 2 aromatic rings. The molecule has 2 rings (SSSR count). The van der Waals surface area contributed by atoms with Crippen LogP contribution in [-0.4, -0.2) is 16.8 Å². The number of alkyl halides is 3. The van der Waals surface area contributed by atoms with E-state index in [2.05, 4.69) is 10.4 Å². The number of hydrogen-bond acceptors (Lipinski definition) is 2. The van der Waals surface area contributed by atoms with Crippen molar-refractivity contribution in [2.24, 2.45) is 0 Å². The third kappa shape index (κ3) is 2.67. The van der Waals surface area contributed by atoms with E-state index in [1.54, 1.807) is 14.0 Å². The first-order chi connectivity index (χ1) is 9.34. The molecule has 1 aromatic carbocycles. The summed E-state index contributed by atoms with van der Waals surface area (Å²) < 4.78 is 52.7. The standard InChI is InChI=1S/C13H13F4N3/c1-8(18-2)12-10(14)4-3-5-11(12)20-7-9(6-19-20)13(15,16)17/h3-8,18H,1-2H3. The van der Waals surface area contributed by atoms with E-state index in [1.807, 2.05) is 0 Å². The summed E-state index contributed by atoms with van der Waals surface area (Å²) in [6.07, 6.45) is -2.90. The summed E-state index contributed by atoms with van der Waals surface area (Å²) in [6.45, 7) is 1.72.